The van der Waals surface area contributed by atoms with Gasteiger partial charge in [0.15, 0.2) is 5.78 Å². The zero-order chi connectivity index (χ0) is 12.7. The van der Waals surface area contributed by atoms with E-state index in [-0.39, 0.29) is 18.0 Å². The van der Waals surface area contributed by atoms with E-state index in [1.54, 1.807) is 10.9 Å². The maximum absolute atomic E-state index is 11.7. The molecule has 0 spiro atoms. The molecule has 0 fully saturated rings. The fourth-order valence-corrected chi connectivity index (χ4v) is 1.62. The van der Waals surface area contributed by atoms with Crippen molar-refractivity contribution in [2.75, 3.05) is 0 Å². The van der Waals surface area contributed by atoms with Crippen molar-refractivity contribution in [1.82, 2.24) is 9.78 Å². The summed E-state index contributed by atoms with van der Waals surface area (Å²) in [4.78, 5) is 23.3. The molecule has 0 aliphatic heterocycles. The summed E-state index contributed by atoms with van der Waals surface area (Å²) in [6.45, 7) is 4.78. The van der Waals surface area contributed by atoms with Gasteiger partial charge >= 0.3 is 0 Å². The van der Waals surface area contributed by atoms with E-state index in [0.717, 1.165) is 25.8 Å². The first-order valence-electron chi connectivity index (χ1n) is 6.24. The van der Waals surface area contributed by atoms with Crippen LogP contribution in [0.5, 0.6) is 0 Å². The number of nitrogens with zero attached hydrogens (tertiary/aromatic N) is 2. The van der Waals surface area contributed by atoms with Gasteiger partial charge in [0.25, 0.3) is 0 Å². The third-order valence-electron chi connectivity index (χ3n) is 2.70. The first kappa shape index (κ1) is 13.6. The molecular weight excluding hydrogens is 216 g/mol. The summed E-state index contributed by atoms with van der Waals surface area (Å²) in [6, 6.07) is 0. The van der Waals surface area contributed by atoms with E-state index in [1.807, 2.05) is 6.92 Å². The number of hydrogen-bond donors (Lipinski definition) is 0. The fourth-order valence-electron chi connectivity index (χ4n) is 1.62. The Labute approximate surface area is 102 Å². The number of carbonyl (C=O) groups is 2. The standard InChI is InChI=1S/C13H20N2O2/c1-3-5-6-7-12(16)8-13(17)11-9-14-15(4-2)10-11/h9-10H,3-8H2,1-2H3. The third-order valence-corrected chi connectivity index (χ3v) is 2.70. The second kappa shape index (κ2) is 6.99. The van der Waals surface area contributed by atoms with Crippen LogP contribution in [0.15, 0.2) is 12.4 Å². The van der Waals surface area contributed by atoms with E-state index < -0.39 is 0 Å². The van der Waals surface area contributed by atoms with Gasteiger partial charge in [-0.1, -0.05) is 19.8 Å². The molecule has 0 aliphatic carbocycles. The molecular formula is C13H20N2O2. The molecule has 0 N–H and O–H groups in total. The molecule has 0 unspecified atom stereocenters. The molecule has 4 heteroatoms. The van der Waals surface area contributed by atoms with E-state index in [2.05, 4.69) is 12.0 Å². The van der Waals surface area contributed by atoms with E-state index in [4.69, 9.17) is 0 Å². The minimum Gasteiger partial charge on any atom is -0.299 e. The van der Waals surface area contributed by atoms with E-state index >= 15 is 0 Å². The normalized spacial score (nSPS) is 10.5. The maximum atomic E-state index is 11.7. The Kier molecular flexibility index (Phi) is 5.60. The van der Waals surface area contributed by atoms with Gasteiger partial charge in [0.1, 0.15) is 5.78 Å². The number of unbranched alkanes of at least 4 members (excludes halogenated alkanes) is 2. The molecule has 0 bridgehead atoms. The summed E-state index contributed by atoms with van der Waals surface area (Å²) in [5.41, 5.74) is 0.538. The first-order valence-corrected chi connectivity index (χ1v) is 6.24. The van der Waals surface area contributed by atoms with Gasteiger partial charge in [-0.05, 0) is 13.3 Å². The van der Waals surface area contributed by atoms with Crippen molar-refractivity contribution in [2.24, 2.45) is 0 Å². The largest absolute Gasteiger partial charge is 0.299 e. The highest BCUT2D eigenvalue weighted by molar-refractivity contribution is 6.07. The minimum absolute atomic E-state index is 0.0130. The zero-order valence-electron chi connectivity index (χ0n) is 10.6. The number of rotatable bonds is 8. The molecule has 0 aliphatic rings. The van der Waals surface area contributed by atoms with Crippen LogP contribution in [0.1, 0.15) is 56.3 Å². The van der Waals surface area contributed by atoms with Crippen LogP contribution >= 0.6 is 0 Å². The molecule has 1 rings (SSSR count). The Bertz CT molecular complexity index is 383. The Balaban J connectivity index is 2.40. The topological polar surface area (TPSA) is 52.0 Å². The van der Waals surface area contributed by atoms with Crippen LogP contribution in [0.3, 0.4) is 0 Å². The van der Waals surface area contributed by atoms with Gasteiger partial charge in [0.2, 0.25) is 0 Å². The molecule has 4 nitrogen and oxygen atoms in total. The molecule has 0 saturated carbocycles. The number of carbonyl (C=O) groups excluding carboxylic acids is 2. The van der Waals surface area contributed by atoms with Gasteiger partial charge < -0.3 is 0 Å². The Morgan fingerprint density at radius 1 is 1.29 bits per heavy atom. The summed E-state index contributed by atoms with van der Waals surface area (Å²) in [7, 11) is 0. The molecule has 0 aromatic carbocycles. The Morgan fingerprint density at radius 2 is 2.06 bits per heavy atom. The molecule has 0 saturated heterocycles. The monoisotopic (exact) mass is 236 g/mol. The highest BCUT2D eigenvalue weighted by Crippen LogP contribution is 2.07. The van der Waals surface area contributed by atoms with Crippen molar-refractivity contribution < 1.29 is 9.59 Å². The molecule has 17 heavy (non-hydrogen) atoms. The average molecular weight is 236 g/mol. The number of aryl methyl sites for hydroxylation is 1. The lowest BCUT2D eigenvalue weighted by atomic mass is 10.0. The summed E-state index contributed by atoms with van der Waals surface area (Å²) in [6.07, 6.45) is 6.78. The predicted molar refractivity (Wildman–Crippen MR) is 66.0 cm³/mol. The molecule has 94 valence electrons. The quantitative estimate of drug-likeness (QED) is 0.396. The zero-order valence-corrected chi connectivity index (χ0v) is 10.6. The maximum Gasteiger partial charge on any atom is 0.173 e. The summed E-state index contributed by atoms with van der Waals surface area (Å²) in [5.74, 6) is -0.0844. The highest BCUT2D eigenvalue weighted by Gasteiger charge is 2.13. The van der Waals surface area contributed by atoms with Crippen molar-refractivity contribution in [3.8, 4) is 0 Å². The number of hydrogen-bond acceptors (Lipinski definition) is 3. The highest BCUT2D eigenvalue weighted by atomic mass is 16.1. The number of Topliss-reactive ketones (excluding diaryl/α,β-unsaturated/α-hetero) is 2. The second-order valence-corrected chi connectivity index (χ2v) is 4.18. The molecule has 0 radical (unpaired) electrons. The lowest BCUT2D eigenvalue weighted by Crippen LogP contribution is -2.07. The summed E-state index contributed by atoms with van der Waals surface area (Å²) < 4.78 is 1.69. The first-order chi connectivity index (χ1) is 8.17. The van der Waals surface area contributed by atoms with E-state index in [0.29, 0.717) is 12.0 Å². The molecule has 1 aromatic rings. The Morgan fingerprint density at radius 3 is 2.65 bits per heavy atom. The van der Waals surface area contributed by atoms with E-state index in [9.17, 15) is 9.59 Å². The molecule has 1 aromatic heterocycles. The van der Waals surface area contributed by atoms with Crippen LogP contribution < -0.4 is 0 Å². The van der Waals surface area contributed by atoms with Crippen LogP contribution in [0, 0.1) is 0 Å². The van der Waals surface area contributed by atoms with Gasteiger partial charge in [-0.25, -0.2) is 0 Å². The lowest BCUT2D eigenvalue weighted by Gasteiger charge is -1.98. The van der Waals surface area contributed by atoms with E-state index in [1.165, 1.54) is 6.20 Å². The lowest BCUT2D eigenvalue weighted by molar-refractivity contribution is -0.118. The van der Waals surface area contributed by atoms with Crippen molar-refractivity contribution in [2.45, 2.75) is 52.5 Å². The van der Waals surface area contributed by atoms with Crippen LogP contribution in [-0.2, 0) is 11.3 Å². The van der Waals surface area contributed by atoms with Gasteiger partial charge in [-0.15, -0.1) is 0 Å². The summed E-state index contributed by atoms with van der Waals surface area (Å²) in [5, 5.41) is 4.02. The van der Waals surface area contributed by atoms with Crippen LogP contribution in [-0.4, -0.2) is 21.3 Å². The fraction of sp³-hybridized carbons (Fsp3) is 0.615. The minimum atomic E-state index is -0.119. The number of ketones is 2. The Hall–Kier alpha value is -1.45. The molecule has 0 amide bonds. The van der Waals surface area contributed by atoms with Gasteiger partial charge in [-0.2, -0.15) is 5.10 Å². The van der Waals surface area contributed by atoms with Crippen LogP contribution in [0.25, 0.3) is 0 Å². The molecule has 0 atom stereocenters. The van der Waals surface area contributed by atoms with Crippen molar-refractivity contribution >= 4 is 11.6 Å². The number of aromatic nitrogens is 2. The average Bonchev–Trinajstić information content (AvgIpc) is 2.78. The van der Waals surface area contributed by atoms with Gasteiger partial charge in [0.05, 0.1) is 18.2 Å². The van der Waals surface area contributed by atoms with Crippen LogP contribution in [0.4, 0.5) is 0 Å². The van der Waals surface area contributed by atoms with Crippen molar-refractivity contribution in [1.29, 1.82) is 0 Å². The SMILES string of the molecule is CCCCCC(=O)CC(=O)c1cnn(CC)c1. The van der Waals surface area contributed by atoms with Crippen molar-refractivity contribution in [3.05, 3.63) is 18.0 Å². The smallest absolute Gasteiger partial charge is 0.173 e. The van der Waals surface area contributed by atoms with Gasteiger partial charge in [-0.3, -0.25) is 14.3 Å². The predicted octanol–water partition coefficient (Wildman–Crippen LogP) is 2.63. The third kappa shape index (κ3) is 4.51. The molecule has 1 heterocycles. The van der Waals surface area contributed by atoms with Crippen molar-refractivity contribution in [3.63, 3.8) is 0 Å². The summed E-state index contributed by atoms with van der Waals surface area (Å²) >= 11 is 0. The van der Waals surface area contributed by atoms with Gasteiger partial charge in [0, 0.05) is 19.2 Å². The second-order valence-electron chi connectivity index (χ2n) is 4.18. The van der Waals surface area contributed by atoms with Crippen LogP contribution in [0.2, 0.25) is 0 Å².